The molecule has 0 bridgehead atoms. The predicted molar refractivity (Wildman–Crippen MR) is 63.3 cm³/mol. The number of carbonyl (C=O) groups excluding carboxylic acids is 1. The van der Waals surface area contributed by atoms with Gasteiger partial charge in [0, 0.05) is 25.1 Å². The molecule has 5 nitrogen and oxygen atoms in total. The average molecular weight is 248 g/mol. The average Bonchev–Trinajstić information content (AvgIpc) is 2.84. The van der Waals surface area contributed by atoms with E-state index in [9.17, 15) is 9.18 Å². The molecule has 6 heteroatoms. The maximum Gasteiger partial charge on any atom is 0.256 e. The van der Waals surface area contributed by atoms with Gasteiger partial charge in [0.1, 0.15) is 5.82 Å². The van der Waals surface area contributed by atoms with Crippen LogP contribution >= 0.6 is 0 Å². The fraction of sp³-hybridized carbons (Fsp3) is 0.250. The third-order valence-corrected chi connectivity index (χ3v) is 2.55. The van der Waals surface area contributed by atoms with Crippen LogP contribution in [0.15, 0.2) is 30.7 Å². The van der Waals surface area contributed by atoms with Crippen LogP contribution in [0.2, 0.25) is 0 Å². The Bertz CT molecular complexity index is 553. The van der Waals surface area contributed by atoms with Crippen LogP contribution in [0.1, 0.15) is 23.1 Å². The summed E-state index contributed by atoms with van der Waals surface area (Å²) in [4.78, 5) is 19.3. The van der Waals surface area contributed by atoms with Gasteiger partial charge in [0.25, 0.3) is 5.91 Å². The van der Waals surface area contributed by atoms with Gasteiger partial charge in [0.2, 0.25) is 5.95 Å². The van der Waals surface area contributed by atoms with Crippen molar-refractivity contribution in [3.63, 3.8) is 0 Å². The van der Waals surface area contributed by atoms with Crippen LogP contribution < -0.4 is 5.32 Å². The molecule has 0 aliphatic carbocycles. The van der Waals surface area contributed by atoms with Crippen molar-refractivity contribution < 1.29 is 9.18 Å². The topological polar surface area (TPSA) is 59.8 Å². The summed E-state index contributed by atoms with van der Waals surface area (Å²) in [5.74, 6) is -0.532. The Morgan fingerprint density at radius 3 is 3.00 bits per heavy atom. The highest BCUT2D eigenvalue weighted by Gasteiger charge is 2.12. The number of carbonyl (C=O) groups is 1. The zero-order chi connectivity index (χ0) is 13.0. The zero-order valence-electron chi connectivity index (χ0n) is 9.93. The number of halogens is 1. The van der Waals surface area contributed by atoms with Gasteiger partial charge in [-0.05, 0) is 19.1 Å². The molecule has 0 aromatic carbocycles. The van der Waals surface area contributed by atoms with Crippen LogP contribution in [-0.4, -0.2) is 20.4 Å². The molecule has 0 saturated carbocycles. The van der Waals surface area contributed by atoms with Crippen molar-refractivity contribution in [3.05, 3.63) is 48.1 Å². The Morgan fingerprint density at radius 1 is 1.44 bits per heavy atom. The van der Waals surface area contributed by atoms with E-state index in [4.69, 9.17) is 0 Å². The summed E-state index contributed by atoms with van der Waals surface area (Å²) in [7, 11) is 0. The highest BCUT2D eigenvalue weighted by Crippen LogP contribution is 2.03. The number of amides is 1. The molecule has 2 aromatic heterocycles. The highest BCUT2D eigenvalue weighted by molar-refractivity contribution is 5.93. The van der Waals surface area contributed by atoms with E-state index in [1.807, 2.05) is 17.7 Å². The smallest absolute Gasteiger partial charge is 0.256 e. The number of aromatic nitrogens is 3. The van der Waals surface area contributed by atoms with Gasteiger partial charge in [-0.3, -0.25) is 4.79 Å². The number of hydrogen-bond acceptors (Lipinski definition) is 3. The zero-order valence-corrected chi connectivity index (χ0v) is 9.93. The SMILES string of the molecule is CCn1ccnc1CNC(=O)c1cccnc1F. The van der Waals surface area contributed by atoms with Crippen LogP contribution in [0.5, 0.6) is 0 Å². The fourth-order valence-corrected chi connectivity index (χ4v) is 1.61. The molecule has 2 aromatic rings. The van der Waals surface area contributed by atoms with Crippen molar-refractivity contribution >= 4 is 5.91 Å². The Kier molecular flexibility index (Phi) is 3.66. The number of nitrogens with one attached hydrogen (secondary N) is 1. The minimum absolute atomic E-state index is 0.0629. The van der Waals surface area contributed by atoms with Crippen molar-refractivity contribution in [2.75, 3.05) is 0 Å². The van der Waals surface area contributed by atoms with Crippen LogP contribution in [0, 0.1) is 5.95 Å². The lowest BCUT2D eigenvalue weighted by molar-refractivity contribution is 0.0944. The molecule has 2 heterocycles. The molecule has 18 heavy (non-hydrogen) atoms. The first-order valence-corrected chi connectivity index (χ1v) is 5.61. The largest absolute Gasteiger partial charge is 0.345 e. The molecule has 94 valence electrons. The minimum atomic E-state index is -0.770. The predicted octanol–water partition coefficient (Wildman–Crippen LogP) is 1.37. The summed E-state index contributed by atoms with van der Waals surface area (Å²) in [5.41, 5.74) is -0.0629. The van der Waals surface area contributed by atoms with E-state index in [0.29, 0.717) is 0 Å². The van der Waals surface area contributed by atoms with Gasteiger partial charge in [0.05, 0.1) is 12.1 Å². The second kappa shape index (κ2) is 5.39. The lowest BCUT2D eigenvalue weighted by atomic mass is 10.2. The molecule has 1 N–H and O–H groups in total. The highest BCUT2D eigenvalue weighted by atomic mass is 19.1. The van der Waals surface area contributed by atoms with Gasteiger partial charge in [-0.1, -0.05) is 0 Å². The number of nitrogens with zero attached hydrogens (tertiary/aromatic N) is 3. The quantitative estimate of drug-likeness (QED) is 0.831. The van der Waals surface area contributed by atoms with Crippen molar-refractivity contribution in [3.8, 4) is 0 Å². The van der Waals surface area contributed by atoms with Gasteiger partial charge in [0.15, 0.2) is 0 Å². The normalized spacial score (nSPS) is 10.3. The van der Waals surface area contributed by atoms with E-state index in [1.54, 1.807) is 6.20 Å². The second-order valence-electron chi connectivity index (χ2n) is 3.65. The first kappa shape index (κ1) is 12.2. The van der Waals surface area contributed by atoms with E-state index in [0.717, 1.165) is 12.4 Å². The van der Waals surface area contributed by atoms with Crippen molar-refractivity contribution in [1.29, 1.82) is 0 Å². The first-order valence-electron chi connectivity index (χ1n) is 5.61. The molecule has 0 aliphatic heterocycles. The molecule has 0 spiro atoms. The van der Waals surface area contributed by atoms with E-state index in [-0.39, 0.29) is 12.1 Å². The van der Waals surface area contributed by atoms with E-state index in [2.05, 4.69) is 15.3 Å². The van der Waals surface area contributed by atoms with E-state index >= 15 is 0 Å². The summed E-state index contributed by atoms with van der Waals surface area (Å²) < 4.78 is 15.2. The Labute approximate surface area is 104 Å². The third kappa shape index (κ3) is 2.53. The molecule has 0 fully saturated rings. The summed E-state index contributed by atoms with van der Waals surface area (Å²) in [6, 6.07) is 2.91. The van der Waals surface area contributed by atoms with Crippen molar-refractivity contribution in [2.24, 2.45) is 0 Å². The molecular formula is C12H13FN4O. The van der Waals surface area contributed by atoms with Crippen LogP contribution in [0.25, 0.3) is 0 Å². The van der Waals surface area contributed by atoms with Crippen LogP contribution in [0.3, 0.4) is 0 Å². The van der Waals surface area contributed by atoms with Crippen molar-refractivity contribution in [1.82, 2.24) is 19.9 Å². The van der Waals surface area contributed by atoms with Gasteiger partial charge in [-0.15, -0.1) is 0 Å². The Balaban J connectivity index is 2.03. The lowest BCUT2D eigenvalue weighted by Gasteiger charge is -2.07. The molecule has 0 radical (unpaired) electrons. The molecule has 1 amide bonds. The number of imidazole rings is 1. The molecule has 0 aliphatic rings. The summed E-state index contributed by atoms with van der Waals surface area (Å²) >= 11 is 0. The summed E-state index contributed by atoms with van der Waals surface area (Å²) in [5, 5.41) is 2.61. The maximum absolute atomic E-state index is 13.3. The molecular weight excluding hydrogens is 235 g/mol. The minimum Gasteiger partial charge on any atom is -0.345 e. The van der Waals surface area contributed by atoms with E-state index in [1.165, 1.54) is 18.3 Å². The van der Waals surface area contributed by atoms with Crippen LogP contribution in [0.4, 0.5) is 4.39 Å². The number of rotatable bonds is 4. The van der Waals surface area contributed by atoms with Crippen molar-refractivity contribution in [2.45, 2.75) is 20.0 Å². The molecule has 0 saturated heterocycles. The number of aryl methyl sites for hydroxylation is 1. The maximum atomic E-state index is 13.3. The fourth-order valence-electron chi connectivity index (χ4n) is 1.61. The summed E-state index contributed by atoms with van der Waals surface area (Å²) in [6.45, 7) is 3.01. The first-order chi connectivity index (χ1) is 8.72. The van der Waals surface area contributed by atoms with E-state index < -0.39 is 11.9 Å². The third-order valence-electron chi connectivity index (χ3n) is 2.55. The van der Waals surface area contributed by atoms with Gasteiger partial charge in [-0.2, -0.15) is 4.39 Å². The van der Waals surface area contributed by atoms with Crippen LogP contribution in [-0.2, 0) is 13.1 Å². The Morgan fingerprint density at radius 2 is 2.28 bits per heavy atom. The summed E-state index contributed by atoms with van der Waals surface area (Å²) in [6.07, 6.45) is 4.79. The number of pyridine rings is 1. The van der Waals surface area contributed by atoms with Gasteiger partial charge < -0.3 is 9.88 Å². The molecule has 0 unspecified atom stereocenters. The Hall–Kier alpha value is -2.24. The lowest BCUT2D eigenvalue weighted by Crippen LogP contribution is -2.25. The molecule has 2 rings (SSSR count). The van der Waals surface area contributed by atoms with Gasteiger partial charge >= 0.3 is 0 Å². The standard InChI is InChI=1S/C12H13FN4O/c1-2-17-7-6-14-10(17)8-16-12(18)9-4-3-5-15-11(9)13/h3-7H,2,8H2,1H3,(H,16,18). The monoisotopic (exact) mass is 248 g/mol. The van der Waals surface area contributed by atoms with Gasteiger partial charge in [-0.25, -0.2) is 9.97 Å². The number of hydrogen-bond donors (Lipinski definition) is 1. The second-order valence-corrected chi connectivity index (χ2v) is 3.65. The molecule has 0 atom stereocenters.